The number of benzene rings is 3. The van der Waals surface area contributed by atoms with Gasteiger partial charge in [-0.1, -0.05) is 61.9 Å². The molecule has 3 amide bonds. The molecule has 12 nitrogen and oxygen atoms in total. The van der Waals surface area contributed by atoms with Crippen molar-refractivity contribution in [2.75, 3.05) is 19.7 Å². The average molecular weight is 836 g/mol. The van der Waals surface area contributed by atoms with Gasteiger partial charge in [0.05, 0.1) is 17.6 Å². The number of hydrogen-bond donors (Lipinski definition) is 2. The zero-order valence-corrected chi connectivity index (χ0v) is 35.1. The second kappa shape index (κ2) is 17.6. The number of pyridine rings is 1. The molecule has 2 aromatic heterocycles. The molecule has 3 saturated heterocycles. The maximum absolute atomic E-state index is 14.8. The zero-order chi connectivity index (χ0) is 41.1. The van der Waals surface area contributed by atoms with Gasteiger partial charge in [0.2, 0.25) is 11.8 Å². The van der Waals surface area contributed by atoms with Crippen molar-refractivity contribution in [3.8, 4) is 5.75 Å². The van der Waals surface area contributed by atoms with E-state index in [-0.39, 0.29) is 42.5 Å². The predicted octanol–water partition coefficient (Wildman–Crippen LogP) is 7.81. The van der Waals surface area contributed by atoms with E-state index in [2.05, 4.69) is 15.4 Å². The maximum Gasteiger partial charge on any atom is 0.323 e. The van der Waals surface area contributed by atoms with Gasteiger partial charge in [0.15, 0.2) is 0 Å². The number of esters is 1. The van der Waals surface area contributed by atoms with Crippen LogP contribution >= 0.6 is 18.9 Å². The van der Waals surface area contributed by atoms with Gasteiger partial charge in [-0.15, -0.1) is 11.3 Å². The van der Waals surface area contributed by atoms with Gasteiger partial charge < -0.3 is 24.4 Å². The molecule has 0 spiro atoms. The fraction of sp³-hybridized carbons (Fsp3) is 0.400. The Morgan fingerprint density at radius 1 is 0.966 bits per heavy atom. The van der Waals surface area contributed by atoms with Crippen LogP contribution < -0.4 is 14.9 Å². The monoisotopic (exact) mass is 835 g/mol. The first-order valence-corrected chi connectivity index (χ1v) is 23.3. The third-order valence-corrected chi connectivity index (χ3v) is 14.9. The topological polar surface area (TPSA) is 147 Å². The summed E-state index contributed by atoms with van der Waals surface area (Å²) >= 11 is 1.31. The van der Waals surface area contributed by atoms with Gasteiger partial charge in [-0.05, 0) is 97.7 Å². The van der Waals surface area contributed by atoms with E-state index < -0.39 is 31.6 Å². The van der Waals surface area contributed by atoms with Crippen LogP contribution in [0.15, 0.2) is 91.3 Å². The van der Waals surface area contributed by atoms with E-state index in [1.54, 1.807) is 30.2 Å². The minimum atomic E-state index is -3.78. The summed E-state index contributed by atoms with van der Waals surface area (Å²) in [4.78, 5) is 62.8. The van der Waals surface area contributed by atoms with Gasteiger partial charge in [0.25, 0.3) is 5.91 Å². The Morgan fingerprint density at radius 3 is 2.61 bits per heavy atom. The Kier molecular flexibility index (Phi) is 12.2. The van der Waals surface area contributed by atoms with Crippen molar-refractivity contribution >= 4 is 63.4 Å². The van der Waals surface area contributed by atoms with Gasteiger partial charge in [0, 0.05) is 47.5 Å². The van der Waals surface area contributed by atoms with Gasteiger partial charge >= 0.3 is 13.5 Å². The number of nitrogens with zero attached hydrogens (tertiary/aromatic N) is 3. The Hall–Kier alpha value is -5.10. The minimum Gasteiger partial charge on any atom is -0.465 e. The first-order valence-electron chi connectivity index (χ1n) is 20.6. The molecule has 3 aromatic carbocycles. The number of carbonyl (C=O) groups is 4. The molecule has 5 aromatic rings. The second-order valence-electron chi connectivity index (χ2n) is 15.9. The van der Waals surface area contributed by atoms with Crippen molar-refractivity contribution in [2.24, 2.45) is 0 Å². The Morgan fingerprint density at radius 2 is 1.80 bits per heavy atom. The molecule has 5 atom stereocenters. The van der Waals surface area contributed by atoms with E-state index in [0.29, 0.717) is 42.1 Å². The summed E-state index contributed by atoms with van der Waals surface area (Å²) in [5.74, 6) is -0.395. The summed E-state index contributed by atoms with van der Waals surface area (Å²) in [5, 5.41) is 8.50. The lowest BCUT2D eigenvalue weighted by Gasteiger charge is -2.42. The highest BCUT2D eigenvalue weighted by molar-refractivity contribution is 7.56. The van der Waals surface area contributed by atoms with Crippen LogP contribution in [0.5, 0.6) is 5.75 Å². The first-order chi connectivity index (χ1) is 28.6. The third-order valence-electron chi connectivity index (χ3n) is 11.7. The smallest absolute Gasteiger partial charge is 0.323 e. The van der Waals surface area contributed by atoms with Gasteiger partial charge in [0.1, 0.15) is 23.9 Å². The maximum atomic E-state index is 14.8. The fourth-order valence-electron chi connectivity index (χ4n) is 8.54. The lowest BCUT2D eigenvalue weighted by Crippen LogP contribution is -2.58. The van der Waals surface area contributed by atoms with Crippen LogP contribution in [0, 0.1) is 0 Å². The van der Waals surface area contributed by atoms with E-state index in [4.69, 9.17) is 9.26 Å². The molecule has 0 radical (unpaired) electrons. The summed E-state index contributed by atoms with van der Waals surface area (Å²) < 4.78 is 27.4. The van der Waals surface area contributed by atoms with E-state index >= 15 is 0 Å². The Balaban J connectivity index is 0.960. The summed E-state index contributed by atoms with van der Waals surface area (Å²) in [7, 11) is -3.78. The molecule has 3 aliphatic heterocycles. The highest BCUT2D eigenvalue weighted by atomic mass is 32.1. The Labute approximate surface area is 348 Å². The van der Waals surface area contributed by atoms with Crippen LogP contribution in [-0.2, 0) is 29.8 Å². The number of amides is 3. The Bertz CT molecular complexity index is 2400. The van der Waals surface area contributed by atoms with Gasteiger partial charge in [-0.2, -0.15) is 0 Å². The van der Waals surface area contributed by atoms with Crippen molar-refractivity contribution in [2.45, 2.75) is 95.0 Å². The van der Waals surface area contributed by atoms with Crippen LogP contribution in [0.25, 0.3) is 20.9 Å². The number of likely N-dealkylation sites (tertiary alicyclic amines) is 1. The van der Waals surface area contributed by atoms with E-state index in [1.165, 1.54) is 11.3 Å². The quantitative estimate of drug-likeness (QED) is 0.0650. The normalized spacial score (nSPS) is 21.0. The summed E-state index contributed by atoms with van der Waals surface area (Å²) in [6.07, 6.45) is 8.63. The zero-order valence-electron chi connectivity index (χ0n) is 33.4. The molecule has 0 saturated carbocycles. The molecule has 5 heterocycles. The minimum absolute atomic E-state index is 0.0127. The van der Waals surface area contributed by atoms with Crippen molar-refractivity contribution < 1.29 is 33.0 Å². The molecule has 59 heavy (non-hydrogen) atoms. The number of aromatic nitrogens is 1. The lowest BCUT2D eigenvalue weighted by atomic mass is 9.92. The molecule has 8 rings (SSSR count). The molecular formula is C45H50N5O7PS. The van der Waals surface area contributed by atoms with Crippen LogP contribution in [0.3, 0.4) is 0 Å². The first kappa shape index (κ1) is 40.7. The number of ether oxygens (including phenoxy) is 1. The predicted molar refractivity (Wildman–Crippen MR) is 228 cm³/mol. The molecule has 0 aliphatic carbocycles. The number of rotatable bonds is 14. The van der Waals surface area contributed by atoms with E-state index in [9.17, 15) is 23.7 Å². The summed E-state index contributed by atoms with van der Waals surface area (Å²) in [6, 6.07) is 22.4. The molecule has 2 N–H and O–H groups in total. The highest BCUT2D eigenvalue weighted by Crippen LogP contribution is 2.49. The number of fused-ring (bicyclic) bond motifs is 3. The van der Waals surface area contributed by atoms with Crippen LogP contribution in [0.2, 0.25) is 0 Å². The van der Waals surface area contributed by atoms with Gasteiger partial charge in [-0.3, -0.25) is 28.7 Å². The molecule has 14 heteroatoms. The van der Waals surface area contributed by atoms with Crippen LogP contribution in [0.4, 0.5) is 0 Å². The van der Waals surface area contributed by atoms with Crippen molar-refractivity contribution in [1.82, 2.24) is 25.2 Å². The SMILES string of the molecule is CCCCOC(=O)[C@H](C)NP(=O)(Cc1ccc2sc(C(=O)N[C@H]3CCC[C@H]4CC[C@@H](C(=O)N5CC(c6cccnc6)C5)N4C3=O)cc2c1)Oc1cccc2ccccc12. The molecule has 1 unspecified atom stereocenters. The lowest BCUT2D eigenvalue weighted by molar-refractivity contribution is -0.148. The average Bonchev–Trinajstić information content (AvgIpc) is 3.81. The highest BCUT2D eigenvalue weighted by Gasteiger charge is 2.47. The van der Waals surface area contributed by atoms with Crippen molar-refractivity contribution in [3.63, 3.8) is 0 Å². The molecule has 3 aliphatic rings. The summed E-state index contributed by atoms with van der Waals surface area (Å²) in [6.45, 7) is 5.13. The molecule has 3 fully saturated rings. The van der Waals surface area contributed by atoms with Crippen molar-refractivity contribution in [1.29, 1.82) is 0 Å². The largest absolute Gasteiger partial charge is 0.465 e. The van der Waals surface area contributed by atoms with Crippen LogP contribution in [-0.4, -0.2) is 82.3 Å². The number of nitrogens with one attached hydrogen (secondary N) is 2. The molecule has 308 valence electrons. The molecular weight excluding hydrogens is 786 g/mol. The number of carbonyl (C=O) groups excluding carboxylic acids is 4. The number of hydrogen-bond acceptors (Lipinski definition) is 9. The summed E-state index contributed by atoms with van der Waals surface area (Å²) in [5.41, 5.74) is 1.80. The van der Waals surface area contributed by atoms with Gasteiger partial charge in [-0.25, -0.2) is 5.09 Å². The second-order valence-corrected chi connectivity index (χ2v) is 19.1. The van der Waals surface area contributed by atoms with Crippen LogP contribution in [0.1, 0.15) is 85.5 Å². The number of unbranched alkanes of at least 4 members (excludes halogenated alkanes) is 1. The number of thiophene rings is 1. The van der Waals surface area contributed by atoms with E-state index in [1.807, 2.05) is 84.8 Å². The standard InChI is InChI=1S/C45H50N5O7PS/c1-3-4-22-56-45(54)29(2)48-58(55,57-39-16-7-11-31-10-5-6-14-36(31)39)28-30-17-20-40-33(23-30)24-41(59-40)42(51)47-37-15-8-13-35-18-19-38(50(35)43(37)52)44(53)49-26-34(27-49)32-12-9-21-46-25-32/h5-7,9-12,14,16-17,20-21,23-25,29,34-35,37-38H,3-4,8,13,15,18-19,22,26-28H2,1-2H3,(H,47,51)(H,48,55)/t29-,35-,37-,38-,58?/m0/s1. The van der Waals surface area contributed by atoms with E-state index in [0.717, 1.165) is 58.5 Å². The third kappa shape index (κ3) is 8.93. The fourth-order valence-corrected chi connectivity index (χ4v) is 11.5. The van der Waals surface area contributed by atoms with Crippen molar-refractivity contribution in [3.05, 3.63) is 107 Å². The molecule has 0 bridgehead atoms.